The molecule has 2 aromatic rings. The summed E-state index contributed by atoms with van der Waals surface area (Å²) < 4.78 is 14.8. The summed E-state index contributed by atoms with van der Waals surface area (Å²) in [6.07, 6.45) is 4.77. The lowest BCUT2D eigenvalue weighted by Gasteiger charge is -2.11. The van der Waals surface area contributed by atoms with E-state index in [0.717, 1.165) is 30.4 Å². The van der Waals surface area contributed by atoms with Crippen LogP contribution in [0.2, 0.25) is 0 Å². The van der Waals surface area contributed by atoms with Crippen LogP contribution in [-0.4, -0.2) is 49.4 Å². The second kappa shape index (κ2) is 7.17. The van der Waals surface area contributed by atoms with E-state index in [2.05, 4.69) is 19.2 Å². The standard InChI is InChI=1S/C11H17N5O2S/c1-9-4-13-16(7-9)3-2-12-5-10(17)8-18-11-6-14-19-15-11/h4,6-7,10,12,17H,2-3,5,8H2,1H3. The fourth-order valence-corrected chi connectivity index (χ4v) is 1.88. The first-order valence-electron chi connectivity index (χ1n) is 6.02. The minimum Gasteiger partial charge on any atom is -0.473 e. The molecule has 2 N–H and O–H groups in total. The van der Waals surface area contributed by atoms with Gasteiger partial charge in [0, 0.05) is 19.3 Å². The van der Waals surface area contributed by atoms with Crippen molar-refractivity contribution >= 4 is 11.7 Å². The molecule has 0 saturated carbocycles. The first-order chi connectivity index (χ1) is 9.24. The lowest BCUT2D eigenvalue weighted by Crippen LogP contribution is -2.33. The summed E-state index contributed by atoms with van der Waals surface area (Å²) in [6.45, 7) is 4.20. The number of aliphatic hydroxyl groups excluding tert-OH is 1. The molecule has 8 heteroatoms. The van der Waals surface area contributed by atoms with Crippen LogP contribution in [0.15, 0.2) is 18.6 Å². The van der Waals surface area contributed by atoms with Gasteiger partial charge in [-0.15, -0.1) is 4.37 Å². The van der Waals surface area contributed by atoms with Gasteiger partial charge in [0.25, 0.3) is 0 Å². The number of hydrogen-bond acceptors (Lipinski definition) is 7. The van der Waals surface area contributed by atoms with Crippen molar-refractivity contribution in [2.24, 2.45) is 0 Å². The molecule has 0 radical (unpaired) electrons. The molecule has 7 nitrogen and oxygen atoms in total. The number of aryl methyl sites for hydroxylation is 1. The van der Waals surface area contributed by atoms with Gasteiger partial charge in [0.1, 0.15) is 18.9 Å². The molecule has 104 valence electrons. The van der Waals surface area contributed by atoms with Crippen LogP contribution in [0.25, 0.3) is 0 Å². The summed E-state index contributed by atoms with van der Waals surface area (Å²) in [4.78, 5) is 0. The Balaban J connectivity index is 1.55. The summed E-state index contributed by atoms with van der Waals surface area (Å²) in [5.41, 5.74) is 1.14. The Bertz CT molecular complexity index is 473. The predicted octanol–water partition coefficient (Wildman–Crippen LogP) is 0.0725. The normalized spacial score (nSPS) is 12.5. The third kappa shape index (κ3) is 4.93. The second-order valence-corrected chi connectivity index (χ2v) is 4.75. The van der Waals surface area contributed by atoms with Crippen LogP contribution in [0.5, 0.6) is 5.88 Å². The maximum absolute atomic E-state index is 9.69. The lowest BCUT2D eigenvalue weighted by molar-refractivity contribution is 0.104. The number of rotatable bonds is 8. The predicted molar refractivity (Wildman–Crippen MR) is 71.2 cm³/mol. The molecule has 1 atom stereocenters. The lowest BCUT2D eigenvalue weighted by atomic mass is 10.4. The smallest absolute Gasteiger partial charge is 0.245 e. The van der Waals surface area contributed by atoms with Gasteiger partial charge in [-0.05, 0) is 12.5 Å². The van der Waals surface area contributed by atoms with Crippen LogP contribution in [0.4, 0.5) is 0 Å². The van der Waals surface area contributed by atoms with Crippen molar-refractivity contribution < 1.29 is 9.84 Å². The SMILES string of the molecule is Cc1cnn(CCNCC(O)COc2cnsn2)c1. The van der Waals surface area contributed by atoms with E-state index in [1.165, 1.54) is 6.20 Å². The minimum absolute atomic E-state index is 0.208. The fourth-order valence-electron chi connectivity index (χ4n) is 1.51. The van der Waals surface area contributed by atoms with Crippen LogP contribution in [0, 0.1) is 6.92 Å². The number of hydrogen-bond donors (Lipinski definition) is 2. The molecular weight excluding hydrogens is 266 g/mol. The molecule has 0 aliphatic rings. The summed E-state index contributed by atoms with van der Waals surface area (Å²) in [5.74, 6) is 0.455. The Hall–Kier alpha value is -1.51. The van der Waals surface area contributed by atoms with Crippen LogP contribution < -0.4 is 10.1 Å². The zero-order valence-corrected chi connectivity index (χ0v) is 11.5. The maximum atomic E-state index is 9.69. The van der Waals surface area contributed by atoms with Gasteiger partial charge in [0.2, 0.25) is 5.88 Å². The molecule has 0 amide bonds. The van der Waals surface area contributed by atoms with Crippen LogP contribution in [0.3, 0.4) is 0 Å². The highest BCUT2D eigenvalue weighted by Gasteiger charge is 2.06. The van der Waals surface area contributed by atoms with Crippen molar-refractivity contribution in [3.8, 4) is 5.88 Å². The van der Waals surface area contributed by atoms with Crippen LogP contribution >= 0.6 is 11.7 Å². The van der Waals surface area contributed by atoms with Gasteiger partial charge in [0.05, 0.1) is 24.5 Å². The Morgan fingerprint density at radius 3 is 3.11 bits per heavy atom. The summed E-state index contributed by atoms with van der Waals surface area (Å²) >= 11 is 1.08. The first-order valence-corrected chi connectivity index (χ1v) is 6.75. The van der Waals surface area contributed by atoms with Gasteiger partial charge < -0.3 is 15.2 Å². The first kappa shape index (κ1) is 13.9. The van der Waals surface area contributed by atoms with Gasteiger partial charge in [0.15, 0.2) is 0 Å². The molecule has 0 aliphatic heterocycles. The molecule has 2 heterocycles. The summed E-state index contributed by atoms with van der Waals surface area (Å²) in [5, 5.41) is 17.0. The quantitative estimate of drug-likeness (QED) is 0.667. The third-order valence-corrected chi connectivity index (χ3v) is 2.89. The molecule has 0 spiro atoms. The summed E-state index contributed by atoms with van der Waals surface area (Å²) in [7, 11) is 0. The Morgan fingerprint density at radius 2 is 2.42 bits per heavy atom. The van der Waals surface area contributed by atoms with Gasteiger partial charge in [-0.1, -0.05) is 0 Å². The van der Waals surface area contributed by atoms with Crippen molar-refractivity contribution in [2.75, 3.05) is 19.7 Å². The maximum Gasteiger partial charge on any atom is 0.245 e. The van der Waals surface area contributed by atoms with Crippen LogP contribution in [-0.2, 0) is 6.54 Å². The minimum atomic E-state index is -0.568. The molecule has 0 aliphatic carbocycles. The third-order valence-electron chi connectivity index (χ3n) is 2.42. The number of aliphatic hydroxyl groups is 1. The van der Waals surface area contributed by atoms with E-state index >= 15 is 0 Å². The number of aromatic nitrogens is 4. The average Bonchev–Trinajstić information content (AvgIpc) is 3.04. The van der Waals surface area contributed by atoms with Gasteiger partial charge in [-0.2, -0.15) is 9.47 Å². The van der Waals surface area contributed by atoms with E-state index in [1.54, 1.807) is 0 Å². The average molecular weight is 283 g/mol. The van der Waals surface area contributed by atoms with E-state index in [4.69, 9.17) is 4.74 Å². The van der Waals surface area contributed by atoms with Gasteiger partial charge in [-0.25, -0.2) is 0 Å². The van der Waals surface area contributed by atoms with Gasteiger partial charge in [-0.3, -0.25) is 4.68 Å². The molecule has 0 bridgehead atoms. The van der Waals surface area contributed by atoms with E-state index in [9.17, 15) is 5.11 Å². The number of nitrogens with one attached hydrogen (secondary N) is 1. The highest BCUT2D eigenvalue weighted by atomic mass is 32.1. The molecular formula is C11H17N5O2S. The van der Waals surface area contributed by atoms with Crippen molar-refractivity contribution in [1.29, 1.82) is 0 Å². The molecule has 0 aromatic carbocycles. The topological polar surface area (TPSA) is 85.1 Å². The largest absolute Gasteiger partial charge is 0.473 e. The molecule has 2 aromatic heterocycles. The summed E-state index contributed by atoms with van der Waals surface area (Å²) in [6, 6.07) is 0. The molecule has 2 rings (SSSR count). The fraction of sp³-hybridized carbons (Fsp3) is 0.545. The number of nitrogens with zero attached hydrogens (tertiary/aromatic N) is 4. The van der Waals surface area contributed by atoms with Crippen molar-refractivity contribution in [3.05, 3.63) is 24.2 Å². The van der Waals surface area contributed by atoms with Crippen LogP contribution in [0.1, 0.15) is 5.56 Å². The molecule has 0 saturated heterocycles. The van der Waals surface area contributed by atoms with E-state index in [0.29, 0.717) is 12.4 Å². The highest BCUT2D eigenvalue weighted by molar-refractivity contribution is 6.99. The Kier molecular flexibility index (Phi) is 5.25. The van der Waals surface area contributed by atoms with Crippen molar-refractivity contribution in [2.45, 2.75) is 19.6 Å². The zero-order valence-electron chi connectivity index (χ0n) is 10.7. The van der Waals surface area contributed by atoms with Gasteiger partial charge >= 0.3 is 0 Å². The van der Waals surface area contributed by atoms with Crippen molar-refractivity contribution in [1.82, 2.24) is 23.8 Å². The van der Waals surface area contributed by atoms with E-state index in [1.807, 2.05) is 24.0 Å². The Morgan fingerprint density at radius 1 is 1.53 bits per heavy atom. The molecule has 19 heavy (non-hydrogen) atoms. The molecule has 1 unspecified atom stereocenters. The van der Waals surface area contributed by atoms with Crippen molar-refractivity contribution in [3.63, 3.8) is 0 Å². The molecule has 0 fully saturated rings. The van der Waals surface area contributed by atoms with E-state index < -0.39 is 6.10 Å². The monoisotopic (exact) mass is 283 g/mol. The second-order valence-electron chi connectivity index (χ2n) is 4.20. The highest BCUT2D eigenvalue weighted by Crippen LogP contribution is 2.04. The number of ether oxygens (including phenoxy) is 1. The zero-order chi connectivity index (χ0) is 13.5. The van der Waals surface area contributed by atoms with E-state index in [-0.39, 0.29) is 6.61 Å². The Labute approximate surface area is 115 Å².